The summed E-state index contributed by atoms with van der Waals surface area (Å²) in [6.45, 7) is 1.48. The Morgan fingerprint density at radius 3 is 2.30 bits per heavy atom. The molecule has 23 heavy (non-hydrogen) atoms. The van der Waals surface area contributed by atoms with Gasteiger partial charge in [0.1, 0.15) is 0 Å². The van der Waals surface area contributed by atoms with Gasteiger partial charge < -0.3 is 10.1 Å². The second kappa shape index (κ2) is 5.65. The molecule has 6 nitrogen and oxygen atoms in total. The van der Waals surface area contributed by atoms with E-state index in [1.807, 2.05) is 0 Å². The van der Waals surface area contributed by atoms with Crippen LogP contribution in [0.15, 0.2) is 0 Å². The number of carbonyl (C=O) groups is 3. The minimum Gasteiger partial charge on any atom is -0.452 e. The fourth-order valence-electron chi connectivity index (χ4n) is 5.00. The summed E-state index contributed by atoms with van der Waals surface area (Å²) in [6.07, 6.45) is 4.35. The van der Waals surface area contributed by atoms with E-state index in [2.05, 4.69) is 10.6 Å². The van der Waals surface area contributed by atoms with Crippen LogP contribution < -0.4 is 10.6 Å². The van der Waals surface area contributed by atoms with Crippen molar-refractivity contribution >= 4 is 29.5 Å². The molecule has 0 saturated heterocycles. The molecular weight excluding hydrogens is 320 g/mol. The second-order valence-corrected chi connectivity index (χ2v) is 8.31. The van der Waals surface area contributed by atoms with Gasteiger partial charge in [-0.25, -0.2) is 4.79 Å². The molecule has 4 aliphatic carbocycles. The van der Waals surface area contributed by atoms with E-state index in [1.54, 1.807) is 0 Å². The fourth-order valence-corrected chi connectivity index (χ4v) is 5.70. The van der Waals surface area contributed by atoms with Gasteiger partial charge in [0.15, 0.2) is 6.10 Å². The summed E-state index contributed by atoms with van der Waals surface area (Å²) in [5, 5.41) is 4.41. The monoisotopic (exact) mass is 342 g/mol. The molecule has 3 amide bonds. The van der Waals surface area contributed by atoms with E-state index in [0.717, 1.165) is 32.1 Å². The molecule has 0 heterocycles. The largest absolute Gasteiger partial charge is 0.452 e. The van der Waals surface area contributed by atoms with Crippen molar-refractivity contribution in [3.05, 3.63) is 0 Å². The highest BCUT2D eigenvalue weighted by molar-refractivity contribution is 6.24. The molecule has 0 aromatic rings. The van der Waals surface area contributed by atoms with Gasteiger partial charge in [-0.15, -0.1) is 11.6 Å². The number of halogens is 1. The SMILES string of the molecule is CNC(=O)NC(=O)[C@@H](C)OC(=O)C12C[C@H]3C[C@@H](CC(Cl)(C3)C1)C2. The van der Waals surface area contributed by atoms with Crippen LogP contribution in [-0.2, 0) is 14.3 Å². The number of carbonyl (C=O) groups excluding carboxylic acids is 3. The highest BCUT2D eigenvalue weighted by Crippen LogP contribution is 2.64. The maximum Gasteiger partial charge on any atom is 0.321 e. The third-order valence-electron chi connectivity index (χ3n) is 5.54. The normalized spacial score (nSPS) is 38.7. The molecule has 0 unspecified atom stereocenters. The van der Waals surface area contributed by atoms with Crippen molar-refractivity contribution in [2.24, 2.45) is 17.3 Å². The number of alkyl halides is 1. The average Bonchev–Trinajstić information content (AvgIpc) is 2.44. The van der Waals surface area contributed by atoms with Gasteiger partial charge in [-0.2, -0.15) is 0 Å². The van der Waals surface area contributed by atoms with Crippen LogP contribution in [-0.4, -0.2) is 35.9 Å². The zero-order valence-corrected chi connectivity index (χ0v) is 14.2. The third-order valence-corrected chi connectivity index (χ3v) is 5.98. The van der Waals surface area contributed by atoms with Crippen LogP contribution in [0.3, 0.4) is 0 Å². The van der Waals surface area contributed by atoms with Gasteiger partial charge in [0.2, 0.25) is 0 Å². The van der Waals surface area contributed by atoms with E-state index in [9.17, 15) is 14.4 Å². The Labute approximate surface area is 140 Å². The lowest BCUT2D eigenvalue weighted by molar-refractivity contribution is -0.177. The Hall–Kier alpha value is -1.30. The number of urea groups is 1. The van der Waals surface area contributed by atoms with Crippen LogP contribution in [0.25, 0.3) is 0 Å². The lowest BCUT2D eigenvalue weighted by Crippen LogP contribution is -2.57. The van der Waals surface area contributed by atoms with Gasteiger partial charge >= 0.3 is 12.0 Å². The van der Waals surface area contributed by atoms with Crippen molar-refractivity contribution in [2.45, 2.75) is 56.4 Å². The van der Waals surface area contributed by atoms with Crippen LogP contribution in [0.2, 0.25) is 0 Å². The first kappa shape index (κ1) is 16.6. The van der Waals surface area contributed by atoms with Gasteiger partial charge in [-0.05, 0) is 57.3 Å². The predicted molar refractivity (Wildman–Crippen MR) is 83.9 cm³/mol. The highest BCUT2D eigenvalue weighted by atomic mass is 35.5. The lowest BCUT2D eigenvalue weighted by atomic mass is 9.49. The zero-order chi connectivity index (χ0) is 16.8. The highest BCUT2D eigenvalue weighted by Gasteiger charge is 2.61. The first-order chi connectivity index (χ1) is 10.8. The van der Waals surface area contributed by atoms with Crippen LogP contribution in [0, 0.1) is 17.3 Å². The Morgan fingerprint density at radius 1 is 1.17 bits per heavy atom. The van der Waals surface area contributed by atoms with E-state index >= 15 is 0 Å². The molecule has 7 heteroatoms. The van der Waals surface area contributed by atoms with Gasteiger partial charge in [0.25, 0.3) is 5.91 Å². The van der Waals surface area contributed by atoms with E-state index in [0.29, 0.717) is 18.3 Å². The number of nitrogens with one attached hydrogen (secondary N) is 2. The maximum absolute atomic E-state index is 12.7. The maximum atomic E-state index is 12.7. The average molecular weight is 343 g/mol. The third kappa shape index (κ3) is 3.05. The molecule has 4 saturated carbocycles. The standard InChI is InChI=1S/C16H23ClN2O4/c1-9(12(20)19-14(22)18-2)23-13(21)15-4-10-3-11(5-15)7-16(17,6-10)8-15/h9-11H,3-8H2,1-2H3,(H2,18,19,20,22)/t9-,10-,11-,15?,16?/m1/s1. The fraction of sp³-hybridized carbons (Fsp3) is 0.812. The molecule has 128 valence electrons. The number of rotatable bonds is 3. The van der Waals surface area contributed by atoms with Crippen LogP contribution >= 0.6 is 11.6 Å². The number of amides is 3. The Morgan fingerprint density at radius 2 is 1.78 bits per heavy atom. The molecule has 0 aliphatic heterocycles. The number of hydrogen-bond acceptors (Lipinski definition) is 4. The van der Waals surface area contributed by atoms with Crippen molar-refractivity contribution in [2.75, 3.05) is 7.05 Å². The van der Waals surface area contributed by atoms with Crippen LogP contribution in [0.4, 0.5) is 4.79 Å². The van der Waals surface area contributed by atoms with Crippen molar-refractivity contribution in [1.82, 2.24) is 10.6 Å². The Kier molecular flexibility index (Phi) is 4.07. The zero-order valence-electron chi connectivity index (χ0n) is 13.5. The summed E-state index contributed by atoms with van der Waals surface area (Å²) in [5.41, 5.74) is -0.548. The molecule has 0 radical (unpaired) electrons. The molecule has 4 fully saturated rings. The molecule has 2 N–H and O–H groups in total. The first-order valence-corrected chi connectivity index (χ1v) is 8.56. The number of esters is 1. The molecular formula is C16H23ClN2O4. The Balaban J connectivity index is 1.66. The van der Waals surface area contributed by atoms with Crippen molar-refractivity contribution in [3.63, 3.8) is 0 Å². The molecule has 4 bridgehead atoms. The molecule has 0 aromatic carbocycles. The molecule has 3 atom stereocenters. The summed E-state index contributed by atoms with van der Waals surface area (Å²) < 4.78 is 5.40. The topological polar surface area (TPSA) is 84.5 Å². The molecule has 4 rings (SSSR count). The predicted octanol–water partition coefficient (Wildman–Crippen LogP) is 1.95. The van der Waals surface area contributed by atoms with Gasteiger partial charge in [0.05, 0.1) is 5.41 Å². The van der Waals surface area contributed by atoms with Crippen molar-refractivity contribution < 1.29 is 19.1 Å². The molecule has 0 aromatic heterocycles. The van der Waals surface area contributed by atoms with Crippen LogP contribution in [0.5, 0.6) is 0 Å². The van der Waals surface area contributed by atoms with Gasteiger partial charge in [-0.3, -0.25) is 14.9 Å². The summed E-state index contributed by atoms with van der Waals surface area (Å²) in [6, 6.07) is -0.618. The number of hydrogen-bond donors (Lipinski definition) is 2. The Bertz CT molecular complexity index is 536. The van der Waals surface area contributed by atoms with Crippen molar-refractivity contribution in [1.29, 1.82) is 0 Å². The summed E-state index contributed by atoms with van der Waals surface area (Å²) in [5.74, 6) is 0.00630. The number of ether oxygens (including phenoxy) is 1. The summed E-state index contributed by atoms with van der Waals surface area (Å²) in [4.78, 5) is 35.5. The van der Waals surface area contributed by atoms with Gasteiger partial charge in [0, 0.05) is 11.9 Å². The summed E-state index contributed by atoms with van der Waals surface area (Å²) in [7, 11) is 1.41. The quantitative estimate of drug-likeness (QED) is 0.606. The summed E-state index contributed by atoms with van der Waals surface area (Å²) >= 11 is 6.71. The van der Waals surface area contributed by atoms with Crippen LogP contribution in [0.1, 0.15) is 45.4 Å². The van der Waals surface area contributed by atoms with E-state index < -0.39 is 23.5 Å². The lowest BCUT2D eigenvalue weighted by Gasteiger charge is -2.58. The minimum atomic E-state index is -1.00. The van der Waals surface area contributed by atoms with E-state index in [4.69, 9.17) is 16.3 Å². The van der Waals surface area contributed by atoms with Gasteiger partial charge in [-0.1, -0.05) is 0 Å². The van der Waals surface area contributed by atoms with E-state index in [1.165, 1.54) is 14.0 Å². The number of imide groups is 1. The molecule has 0 spiro atoms. The second-order valence-electron chi connectivity index (χ2n) is 7.51. The minimum absolute atomic E-state index is 0.281. The smallest absolute Gasteiger partial charge is 0.321 e. The first-order valence-electron chi connectivity index (χ1n) is 8.18. The van der Waals surface area contributed by atoms with Crippen molar-refractivity contribution in [3.8, 4) is 0 Å². The van der Waals surface area contributed by atoms with E-state index in [-0.39, 0.29) is 10.8 Å². The molecule has 4 aliphatic rings.